The van der Waals surface area contributed by atoms with Crippen LogP contribution in [0.3, 0.4) is 0 Å². The minimum atomic E-state index is -0.456. The van der Waals surface area contributed by atoms with Crippen LogP contribution in [0.2, 0.25) is 5.02 Å². The molecule has 1 amide bonds. The highest BCUT2D eigenvalue weighted by Crippen LogP contribution is 2.33. The molecule has 0 spiro atoms. The van der Waals surface area contributed by atoms with Crippen molar-refractivity contribution in [2.45, 2.75) is 32.4 Å². The van der Waals surface area contributed by atoms with Gasteiger partial charge in [-0.1, -0.05) is 35.9 Å². The van der Waals surface area contributed by atoms with Crippen molar-refractivity contribution in [1.29, 1.82) is 0 Å². The highest BCUT2D eigenvalue weighted by Gasteiger charge is 2.28. The number of benzene rings is 3. The normalized spacial score (nSPS) is 15.1. The van der Waals surface area contributed by atoms with Crippen molar-refractivity contribution >= 4 is 17.5 Å². The van der Waals surface area contributed by atoms with Crippen LogP contribution in [-0.4, -0.2) is 39.8 Å². The molecule has 0 bridgehead atoms. The number of carbonyl (C=O) groups excluding carboxylic acids is 1. The lowest BCUT2D eigenvalue weighted by Crippen LogP contribution is -2.37. The van der Waals surface area contributed by atoms with E-state index in [0.717, 1.165) is 29.8 Å². The van der Waals surface area contributed by atoms with Crippen LogP contribution >= 0.6 is 11.6 Å². The molecule has 37 heavy (non-hydrogen) atoms. The largest absolute Gasteiger partial charge is 0.439 e. The molecule has 1 aliphatic heterocycles. The maximum atomic E-state index is 14.0. The van der Waals surface area contributed by atoms with Crippen molar-refractivity contribution in [3.8, 4) is 17.3 Å². The monoisotopic (exact) mass is 519 g/mol. The van der Waals surface area contributed by atoms with Crippen LogP contribution in [0.15, 0.2) is 78.9 Å². The van der Waals surface area contributed by atoms with E-state index in [0.29, 0.717) is 29.8 Å². The van der Waals surface area contributed by atoms with Crippen LogP contribution in [0.4, 0.5) is 4.39 Å². The number of amides is 1. The zero-order chi connectivity index (χ0) is 25.8. The van der Waals surface area contributed by atoms with E-state index in [4.69, 9.17) is 26.2 Å². The first kappa shape index (κ1) is 25.0. The number of nitrogens with zero attached hydrogens (tertiary/aromatic N) is 3. The van der Waals surface area contributed by atoms with Crippen molar-refractivity contribution in [3.63, 3.8) is 0 Å². The second-order valence-corrected chi connectivity index (χ2v) is 9.44. The standard InChI is InChI=1S/C29H27ClFN3O3/c1-20-27(19-33(18-26-11-6-16-36-26)28(35)21-7-5-8-23(31)17-21)29(37-25-14-12-22(30)13-15-25)34(32-20)24-9-3-2-4-10-24/h2-5,7-10,12-15,17,26H,6,11,16,18-19H2,1H3/t26-/m1/s1. The lowest BCUT2D eigenvalue weighted by atomic mass is 10.1. The van der Waals surface area contributed by atoms with Gasteiger partial charge in [-0.05, 0) is 74.4 Å². The number of hydrogen-bond acceptors (Lipinski definition) is 4. The molecule has 1 aromatic heterocycles. The predicted molar refractivity (Wildman–Crippen MR) is 140 cm³/mol. The molecule has 8 heteroatoms. The topological polar surface area (TPSA) is 56.6 Å². The fourth-order valence-electron chi connectivity index (χ4n) is 4.43. The number of hydrogen-bond donors (Lipinski definition) is 0. The SMILES string of the molecule is Cc1nn(-c2ccccc2)c(Oc2ccc(Cl)cc2)c1CN(C[C@H]1CCCO1)C(=O)c1cccc(F)c1. The number of ether oxygens (including phenoxy) is 2. The highest BCUT2D eigenvalue weighted by atomic mass is 35.5. The Morgan fingerprint density at radius 3 is 2.62 bits per heavy atom. The summed E-state index contributed by atoms with van der Waals surface area (Å²) in [4.78, 5) is 15.3. The third-order valence-electron chi connectivity index (χ3n) is 6.32. The van der Waals surface area contributed by atoms with E-state index in [1.165, 1.54) is 12.1 Å². The molecule has 1 atom stereocenters. The fraction of sp³-hybridized carbons (Fsp3) is 0.241. The van der Waals surface area contributed by atoms with Gasteiger partial charge < -0.3 is 14.4 Å². The first-order valence-electron chi connectivity index (χ1n) is 12.2. The predicted octanol–water partition coefficient (Wildman–Crippen LogP) is 6.59. The van der Waals surface area contributed by atoms with Crippen LogP contribution in [0.25, 0.3) is 5.69 Å². The third kappa shape index (κ3) is 5.84. The molecule has 6 nitrogen and oxygen atoms in total. The Labute approximate surface area is 220 Å². The zero-order valence-corrected chi connectivity index (χ0v) is 21.2. The quantitative estimate of drug-likeness (QED) is 0.263. The molecule has 0 N–H and O–H groups in total. The first-order valence-corrected chi connectivity index (χ1v) is 12.6. The second-order valence-electron chi connectivity index (χ2n) is 9.00. The Kier molecular flexibility index (Phi) is 7.53. The molecular weight excluding hydrogens is 493 g/mol. The minimum Gasteiger partial charge on any atom is -0.439 e. The Bertz CT molecular complexity index is 1370. The van der Waals surface area contributed by atoms with E-state index in [1.807, 2.05) is 37.3 Å². The molecule has 0 unspecified atom stereocenters. The second kappa shape index (κ2) is 11.2. The van der Waals surface area contributed by atoms with Crippen LogP contribution < -0.4 is 4.74 Å². The van der Waals surface area contributed by atoms with Gasteiger partial charge in [0.2, 0.25) is 5.88 Å². The Hall–Kier alpha value is -3.68. The minimum absolute atomic E-state index is 0.0809. The Morgan fingerprint density at radius 2 is 1.92 bits per heavy atom. The van der Waals surface area contributed by atoms with Crippen molar-refractivity contribution in [2.24, 2.45) is 0 Å². The van der Waals surface area contributed by atoms with Gasteiger partial charge >= 0.3 is 0 Å². The van der Waals surface area contributed by atoms with Crippen molar-refractivity contribution in [2.75, 3.05) is 13.2 Å². The maximum Gasteiger partial charge on any atom is 0.254 e. The summed E-state index contributed by atoms with van der Waals surface area (Å²) in [6.07, 6.45) is 1.73. The molecule has 3 aromatic carbocycles. The van der Waals surface area contributed by atoms with Gasteiger partial charge in [-0.25, -0.2) is 9.07 Å². The van der Waals surface area contributed by atoms with Crippen LogP contribution in [-0.2, 0) is 11.3 Å². The van der Waals surface area contributed by atoms with Crippen molar-refractivity contribution < 1.29 is 18.7 Å². The summed E-state index contributed by atoms with van der Waals surface area (Å²) in [6.45, 7) is 3.16. The lowest BCUT2D eigenvalue weighted by Gasteiger charge is -2.26. The van der Waals surface area contributed by atoms with Gasteiger partial charge in [0.25, 0.3) is 5.91 Å². The Morgan fingerprint density at radius 1 is 1.14 bits per heavy atom. The summed E-state index contributed by atoms with van der Waals surface area (Å²) in [6, 6.07) is 22.5. The number of carbonyl (C=O) groups is 1. The number of aryl methyl sites for hydroxylation is 1. The number of halogens is 2. The summed E-state index contributed by atoms with van der Waals surface area (Å²) >= 11 is 6.08. The van der Waals surface area contributed by atoms with E-state index in [1.54, 1.807) is 46.0 Å². The van der Waals surface area contributed by atoms with Gasteiger partial charge in [-0.2, -0.15) is 5.10 Å². The average Bonchev–Trinajstić information content (AvgIpc) is 3.53. The third-order valence-corrected chi connectivity index (χ3v) is 6.57. The lowest BCUT2D eigenvalue weighted by molar-refractivity contribution is 0.0505. The first-order chi connectivity index (χ1) is 18.0. The van der Waals surface area contributed by atoms with Gasteiger partial charge in [0, 0.05) is 23.7 Å². The highest BCUT2D eigenvalue weighted by molar-refractivity contribution is 6.30. The molecule has 0 radical (unpaired) electrons. The number of para-hydroxylation sites is 1. The summed E-state index contributed by atoms with van der Waals surface area (Å²) in [5.41, 5.74) is 2.58. The zero-order valence-electron chi connectivity index (χ0n) is 20.4. The van der Waals surface area contributed by atoms with Gasteiger partial charge in [0.05, 0.1) is 29.6 Å². The molecule has 190 valence electrons. The smallest absolute Gasteiger partial charge is 0.254 e. The Balaban J connectivity index is 1.54. The van der Waals surface area contributed by atoms with Crippen LogP contribution in [0, 0.1) is 12.7 Å². The van der Waals surface area contributed by atoms with E-state index in [2.05, 4.69) is 0 Å². The number of rotatable bonds is 8. The van der Waals surface area contributed by atoms with Crippen LogP contribution in [0.5, 0.6) is 11.6 Å². The summed E-state index contributed by atoms with van der Waals surface area (Å²) in [5.74, 6) is 0.349. The molecule has 4 aromatic rings. The molecule has 1 fully saturated rings. The summed E-state index contributed by atoms with van der Waals surface area (Å²) in [7, 11) is 0. The molecule has 0 saturated carbocycles. The van der Waals surface area contributed by atoms with Crippen LogP contribution in [0.1, 0.15) is 34.5 Å². The summed E-state index contributed by atoms with van der Waals surface area (Å²) < 4.78 is 27.9. The molecule has 5 rings (SSSR count). The van der Waals surface area contributed by atoms with E-state index in [9.17, 15) is 9.18 Å². The summed E-state index contributed by atoms with van der Waals surface area (Å²) in [5, 5.41) is 5.36. The molecular formula is C29H27ClFN3O3. The molecule has 1 saturated heterocycles. The van der Waals surface area contributed by atoms with E-state index in [-0.39, 0.29) is 24.1 Å². The van der Waals surface area contributed by atoms with Crippen molar-refractivity contribution in [1.82, 2.24) is 14.7 Å². The molecule has 0 aliphatic carbocycles. The maximum absolute atomic E-state index is 14.0. The molecule has 2 heterocycles. The van der Waals surface area contributed by atoms with Gasteiger partial charge in [-0.15, -0.1) is 0 Å². The van der Waals surface area contributed by atoms with Crippen molar-refractivity contribution in [3.05, 3.63) is 107 Å². The van der Waals surface area contributed by atoms with Gasteiger partial charge in [0.1, 0.15) is 11.6 Å². The average molecular weight is 520 g/mol. The van der Waals surface area contributed by atoms with Gasteiger partial charge in [0.15, 0.2) is 0 Å². The number of aromatic nitrogens is 2. The van der Waals surface area contributed by atoms with Gasteiger partial charge in [-0.3, -0.25) is 4.79 Å². The van der Waals surface area contributed by atoms with E-state index < -0.39 is 5.82 Å². The molecule has 1 aliphatic rings. The van der Waals surface area contributed by atoms with E-state index >= 15 is 0 Å². The fourth-order valence-corrected chi connectivity index (χ4v) is 4.56.